The topological polar surface area (TPSA) is 45.8 Å². The Balaban J connectivity index is 2.75. The summed E-state index contributed by atoms with van der Waals surface area (Å²) in [6.07, 6.45) is 2.32. The highest BCUT2D eigenvalue weighted by Crippen LogP contribution is 2.13. The van der Waals surface area contributed by atoms with Gasteiger partial charge in [-0.15, -0.1) is 0 Å². The molecule has 0 aliphatic carbocycles. The van der Waals surface area contributed by atoms with Crippen LogP contribution in [-0.4, -0.2) is 15.7 Å². The summed E-state index contributed by atoms with van der Waals surface area (Å²) in [5.41, 5.74) is 1.52. The smallest absolute Gasteiger partial charge is 0.254 e. The lowest BCUT2D eigenvalue weighted by Gasteiger charge is -2.02. The minimum atomic E-state index is -0.0171. The number of hydrogen-bond donors (Lipinski definition) is 1. The van der Waals surface area contributed by atoms with E-state index in [1.165, 1.54) is 6.42 Å². The van der Waals surface area contributed by atoms with Crippen LogP contribution in [0, 0.1) is 13.8 Å². The summed E-state index contributed by atoms with van der Waals surface area (Å²) in [6, 6.07) is 0. The van der Waals surface area contributed by atoms with E-state index in [9.17, 15) is 4.79 Å². The summed E-state index contributed by atoms with van der Waals surface area (Å²) in [4.78, 5) is 18.5. The lowest BCUT2D eigenvalue weighted by atomic mass is 10.3. The highest BCUT2D eigenvalue weighted by atomic mass is 32.2. The van der Waals surface area contributed by atoms with Gasteiger partial charge in [-0.1, -0.05) is 25.1 Å². The van der Waals surface area contributed by atoms with Gasteiger partial charge < -0.3 is 4.98 Å². The SMILES string of the molecule is CCCCSc1nc(C)c(C)c(=O)[nH]1. The van der Waals surface area contributed by atoms with E-state index in [0.29, 0.717) is 5.56 Å². The molecule has 1 aromatic rings. The summed E-state index contributed by atoms with van der Waals surface area (Å²) in [7, 11) is 0. The van der Waals surface area contributed by atoms with Gasteiger partial charge in [0.1, 0.15) is 0 Å². The van der Waals surface area contributed by atoms with Crippen molar-refractivity contribution in [3.8, 4) is 0 Å². The van der Waals surface area contributed by atoms with E-state index in [1.807, 2.05) is 6.92 Å². The molecule has 0 amide bonds. The van der Waals surface area contributed by atoms with Crippen LogP contribution >= 0.6 is 11.8 Å². The Bertz CT molecular complexity index is 360. The van der Waals surface area contributed by atoms with E-state index in [1.54, 1.807) is 18.7 Å². The molecule has 0 aromatic carbocycles. The number of nitrogens with one attached hydrogen (secondary N) is 1. The maximum atomic E-state index is 11.4. The van der Waals surface area contributed by atoms with Gasteiger partial charge in [0.05, 0.1) is 0 Å². The fourth-order valence-electron chi connectivity index (χ4n) is 1.00. The van der Waals surface area contributed by atoms with Crippen LogP contribution in [0.1, 0.15) is 31.0 Å². The van der Waals surface area contributed by atoms with Gasteiger partial charge in [0.15, 0.2) is 5.16 Å². The zero-order valence-electron chi connectivity index (χ0n) is 8.89. The molecule has 78 valence electrons. The van der Waals surface area contributed by atoms with Crippen molar-refractivity contribution in [2.75, 3.05) is 5.75 Å². The van der Waals surface area contributed by atoms with Gasteiger partial charge in [-0.2, -0.15) is 0 Å². The first kappa shape index (κ1) is 11.3. The summed E-state index contributed by atoms with van der Waals surface area (Å²) in [6.45, 7) is 5.81. The number of aryl methyl sites for hydroxylation is 1. The molecule has 1 aromatic heterocycles. The van der Waals surface area contributed by atoms with Gasteiger partial charge in [-0.25, -0.2) is 4.98 Å². The fourth-order valence-corrected chi connectivity index (χ4v) is 1.99. The van der Waals surface area contributed by atoms with Crippen molar-refractivity contribution in [2.24, 2.45) is 0 Å². The van der Waals surface area contributed by atoms with Gasteiger partial charge in [0.2, 0.25) is 0 Å². The predicted molar refractivity (Wildman–Crippen MR) is 60.0 cm³/mol. The molecule has 0 bridgehead atoms. The molecule has 0 atom stereocenters. The molecule has 14 heavy (non-hydrogen) atoms. The van der Waals surface area contributed by atoms with Crippen LogP contribution in [-0.2, 0) is 0 Å². The molecule has 0 fully saturated rings. The molecule has 0 saturated carbocycles. The Kier molecular flexibility index (Phi) is 4.20. The molecule has 0 unspecified atom stereocenters. The molecule has 0 aliphatic rings. The van der Waals surface area contributed by atoms with Gasteiger partial charge in [0.25, 0.3) is 5.56 Å². The number of aromatic amines is 1. The lowest BCUT2D eigenvalue weighted by Crippen LogP contribution is -2.14. The van der Waals surface area contributed by atoms with Crippen molar-refractivity contribution in [2.45, 2.75) is 38.8 Å². The molecule has 0 saturated heterocycles. The third-order valence-corrected chi connectivity index (χ3v) is 3.07. The van der Waals surface area contributed by atoms with Crippen LogP contribution in [0.25, 0.3) is 0 Å². The first-order valence-electron chi connectivity index (χ1n) is 4.85. The third-order valence-electron chi connectivity index (χ3n) is 2.11. The molecule has 1 rings (SSSR count). The normalized spacial score (nSPS) is 10.5. The molecule has 0 radical (unpaired) electrons. The van der Waals surface area contributed by atoms with Crippen molar-refractivity contribution in [3.05, 3.63) is 21.6 Å². The minimum Gasteiger partial charge on any atom is -0.301 e. The summed E-state index contributed by atoms with van der Waals surface area (Å²) in [5.74, 6) is 1.02. The number of hydrogen-bond acceptors (Lipinski definition) is 3. The van der Waals surface area contributed by atoms with E-state index >= 15 is 0 Å². The number of aromatic nitrogens is 2. The molecular weight excluding hydrogens is 196 g/mol. The number of H-pyrrole nitrogens is 1. The zero-order valence-corrected chi connectivity index (χ0v) is 9.70. The maximum absolute atomic E-state index is 11.4. The molecule has 0 spiro atoms. The highest BCUT2D eigenvalue weighted by Gasteiger charge is 2.03. The Morgan fingerprint density at radius 3 is 2.71 bits per heavy atom. The molecular formula is C10H16N2OS. The average Bonchev–Trinajstić information content (AvgIpc) is 2.14. The van der Waals surface area contributed by atoms with Crippen LogP contribution in [0.4, 0.5) is 0 Å². The van der Waals surface area contributed by atoms with Crippen molar-refractivity contribution in [1.82, 2.24) is 9.97 Å². The van der Waals surface area contributed by atoms with Gasteiger partial charge in [-0.05, 0) is 20.3 Å². The Morgan fingerprint density at radius 2 is 2.14 bits per heavy atom. The van der Waals surface area contributed by atoms with Crippen molar-refractivity contribution in [1.29, 1.82) is 0 Å². The molecule has 4 heteroatoms. The zero-order chi connectivity index (χ0) is 10.6. The first-order valence-corrected chi connectivity index (χ1v) is 5.84. The van der Waals surface area contributed by atoms with Crippen molar-refractivity contribution in [3.63, 3.8) is 0 Å². The summed E-state index contributed by atoms with van der Waals surface area (Å²) in [5, 5.41) is 0.742. The van der Waals surface area contributed by atoms with Crippen molar-refractivity contribution >= 4 is 11.8 Å². The third kappa shape index (κ3) is 2.87. The predicted octanol–water partition coefficient (Wildman–Crippen LogP) is 2.28. The Labute approximate surface area is 88.3 Å². The second-order valence-corrected chi connectivity index (χ2v) is 4.37. The van der Waals surface area contributed by atoms with Crippen LogP contribution in [0.2, 0.25) is 0 Å². The van der Waals surface area contributed by atoms with E-state index in [-0.39, 0.29) is 5.56 Å². The maximum Gasteiger partial charge on any atom is 0.254 e. The second kappa shape index (κ2) is 5.20. The lowest BCUT2D eigenvalue weighted by molar-refractivity contribution is 0.866. The van der Waals surface area contributed by atoms with E-state index in [0.717, 1.165) is 23.0 Å². The van der Waals surface area contributed by atoms with Crippen LogP contribution < -0.4 is 5.56 Å². The number of thioether (sulfide) groups is 1. The number of nitrogens with zero attached hydrogens (tertiary/aromatic N) is 1. The van der Waals surface area contributed by atoms with E-state index in [4.69, 9.17) is 0 Å². The van der Waals surface area contributed by atoms with Gasteiger partial charge in [0, 0.05) is 17.0 Å². The van der Waals surface area contributed by atoms with Crippen molar-refractivity contribution < 1.29 is 0 Å². The van der Waals surface area contributed by atoms with Gasteiger partial charge in [-0.3, -0.25) is 4.79 Å². The minimum absolute atomic E-state index is 0.0171. The molecule has 1 heterocycles. The summed E-state index contributed by atoms with van der Waals surface area (Å²) >= 11 is 1.62. The Morgan fingerprint density at radius 1 is 1.43 bits per heavy atom. The van der Waals surface area contributed by atoms with Crippen LogP contribution in [0.3, 0.4) is 0 Å². The molecule has 1 N–H and O–H groups in total. The quantitative estimate of drug-likeness (QED) is 0.473. The number of unbranched alkanes of at least 4 members (excludes halogenated alkanes) is 1. The first-order chi connectivity index (χ1) is 6.65. The molecule has 3 nitrogen and oxygen atoms in total. The molecule has 0 aliphatic heterocycles. The monoisotopic (exact) mass is 212 g/mol. The fraction of sp³-hybridized carbons (Fsp3) is 0.600. The number of rotatable bonds is 4. The average molecular weight is 212 g/mol. The van der Waals surface area contributed by atoms with Gasteiger partial charge >= 0.3 is 0 Å². The highest BCUT2D eigenvalue weighted by molar-refractivity contribution is 7.99. The van der Waals surface area contributed by atoms with E-state index in [2.05, 4.69) is 16.9 Å². The summed E-state index contributed by atoms with van der Waals surface area (Å²) < 4.78 is 0. The second-order valence-electron chi connectivity index (χ2n) is 3.28. The largest absolute Gasteiger partial charge is 0.301 e. The van der Waals surface area contributed by atoms with Crippen LogP contribution in [0.5, 0.6) is 0 Å². The Hall–Kier alpha value is -0.770. The van der Waals surface area contributed by atoms with E-state index < -0.39 is 0 Å². The standard InChI is InChI=1S/C10H16N2OS/c1-4-5-6-14-10-11-8(3)7(2)9(13)12-10/h4-6H2,1-3H3,(H,11,12,13). The van der Waals surface area contributed by atoms with Crippen LogP contribution in [0.15, 0.2) is 9.95 Å².